The van der Waals surface area contributed by atoms with E-state index in [0.29, 0.717) is 13.0 Å². The van der Waals surface area contributed by atoms with E-state index in [2.05, 4.69) is 15.6 Å². The smallest absolute Gasteiger partial charge is 0.328 e. The maximum Gasteiger partial charge on any atom is 0.328 e. The minimum Gasteiger partial charge on any atom is -0.391 e. The molecule has 0 saturated heterocycles. The molecule has 1 saturated carbocycles. The number of aryl methyl sites for hydroxylation is 2. The summed E-state index contributed by atoms with van der Waals surface area (Å²) in [6.07, 6.45) is 3.51. The minimum absolute atomic E-state index is 0.0383. The molecule has 5 rings (SSSR count). The standard InChI is InChI=1S/C24H27F3N6O2/c1-31-17-8-14(19(26)20(27)22(17)32(2)24(31)35)12-30-21-16(25)9-15(10-18(21)34)29-11-13-4-3-6-33-7-5-28-23(13)33/h3-8,15-16,18,21,29-30,34H,9-12H2,1-2H3/t15-,16-,18+,21-/m0/s1. The van der Waals surface area contributed by atoms with Gasteiger partial charge in [-0.05, 0) is 25.0 Å². The summed E-state index contributed by atoms with van der Waals surface area (Å²) in [6, 6.07) is 4.05. The number of aromatic nitrogens is 4. The van der Waals surface area contributed by atoms with E-state index >= 15 is 4.39 Å². The molecule has 4 atom stereocenters. The summed E-state index contributed by atoms with van der Waals surface area (Å²) in [4.78, 5) is 16.4. The molecule has 3 N–H and O–H groups in total. The Bertz CT molecular complexity index is 1430. The van der Waals surface area contributed by atoms with E-state index in [-0.39, 0.29) is 35.6 Å². The van der Waals surface area contributed by atoms with Crippen LogP contribution in [0.1, 0.15) is 24.0 Å². The number of aliphatic hydroxyl groups excluding tert-OH is 1. The Hall–Kier alpha value is -3.15. The third-order valence-electron chi connectivity index (χ3n) is 6.96. The van der Waals surface area contributed by atoms with Gasteiger partial charge in [-0.1, -0.05) is 6.07 Å². The minimum atomic E-state index is -1.39. The molecule has 3 aromatic heterocycles. The zero-order valence-corrected chi connectivity index (χ0v) is 19.4. The van der Waals surface area contributed by atoms with Gasteiger partial charge in [-0.15, -0.1) is 0 Å². The Morgan fingerprint density at radius 1 is 1.09 bits per heavy atom. The molecule has 1 aromatic carbocycles. The number of halogens is 3. The van der Waals surface area contributed by atoms with Crippen LogP contribution in [0, 0.1) is 11.6 Å². The van der Waals surface area contributed by atoms with Crippen molar-refractivity contribution in [3.63, 3.8) is 0 Å². The molecule has 3 heterocycles. The molecule has 186 valence electrons. The Labute approximate surface area is 199 Å². The lowest BCUT2D eigenvalue weighted by atomic mass is 9.86. The predicted octanol–water partition coefficient (Wildman–Crippen LogP) is 1.91. The van der Waals surface area contributed by atoms with E-state index in [1.807, 2.05) is 28.9 Å². The molecular formula is C24H27F3N6O2. The molecule has 1 aliphatic carbocycles. The summed E-state index contributed by atoms with van der Waals surface area (Å²) in [7, 11) is 2.85. The zero-order chi connectivity index (χ0) is 24.9. The second-order valence-corrected chi connectivity index (χ2v) is 9.16. The van der Waals surface area contributed by atoms with Gasteiger partial charge >= 0.3 is 5.69 Å². The van der Waals surface area contributed by atoms with Crippen molar-refractivity contribution in [1.82, 2.24) is 29.2 Å². The van der Waals surface area contributed by atoms with Crippen molar-refractivity contribution in [3.05, 3.63) is 70.0 Å². The van der Waals surface area contributed by atoms with Crippen LogP contribution >= 0.6 is 0 Å². The van der Waals surface area contributed by atoms with Gasteiger partial charge in [0.15, 0.2) is 11.6 Å². The monoisotopic (exact) mass is 488 g/mol. The second kappa shape index (κ2) is 9.14. The Kier molecular flexibility index (Phi) is 6.16. The highest BCUT2D eigenvalue weighted by Crippen LogP contribution is 2.26. The number of fused-ring (bicyclic) bond motifs is 2. The second-order valence-electron chi connectivity index (χ2n) is 9.16. The molecule has 35 heavy (non-hydrogen) atoms. The summed E-state index contributed by atoms with van der Waals surface area (Å²) in [5, 5.41) is 16.8. The Balaban J connectivity index is 1.25. The van der Waals surface area contributed by atoms with Crippen LogP contribution in [0.2, 0.25) is 0 Å². The number of hydrogen-bond acceptors (Lipinski definition) is 5. The van der Waals surface area contributed by atoms with Crippen molar-refractivity contribution in [2.75, 3.05) is 0 Å². The van der Waals surface area contributed by atoms with Crippen LogP contribution in [-0.2, 0) is 27.2 Å². The number of rotatable bonds is 6. The van der Waals surface area contributed by atoms with Gasteiger partial charge in [-0.3, -0.25) is 9.13 Å². The van der Waals surface area contributed by atoms with Crippen LogP contribution < -0.4 is 16.3 Å². The Morgan fingerprint density at radius 2 is 1.86 bits per heavy atom. The first-order valence-corrected chi connectivity index (χ1v) is 11.5. The van der Waals surface area contributed by atoms with Crippen molar-refractivity contribution < 1.29 is 18.3 Å². The highest BCUT2D eigenvalue weighted by Gasteiger charge is 2.37. The van der Waals surface area contributed by atoms with E-state index in [1.165, 1.54) is 24.7 Å². The van der Waals surface area contributed by atoms with Gasteiger partial charge in [-0.25, -0.2) is 22.9 Å². The van der Waals surface area contributed by atoms with E-state index < -0.39 is 35.6 Å². The van der Waals surface area contributed by atoms with E-state index in [4.69, 9.17) is 0 Å². The van der Waals surface area contributed by atoms with Crippen LogP contribution in [-0.4, -0.2) is 48.0 Å². The molecule has 8 nitrogen and oxygen atoms in total. The van der Waals surface area contributed by atoms with Gasteiger partial charge in [0.05, 0.1) is 17.7 Å². The van der Waals surface area contributed by atoms with Gasteiger partial charge in [0.2, 0.25) is 0 Å². The number of aliphatic hydroxyl groups is 1. The maximum atomic E-state index is 15.0. The van der Waals surface area contributed by atoms with Gasteiger partial charge < -0.3 is 20.1 Å². The summed E-state index contributed by atoms with van der Waals surface area (Å²) in [5.74, 6) is -2.23. The van der Waals surface area contributed by atoms with Crippen molar-refractivity contribution in [3.8, 4) is 0 Å². The predicted molar refractivity (Wildman–Crippen MR) is 125 cm³/mol. The largest absolute Gasteiger partial charge is 0.391 e. The lowest BCUT2D eigenvalue weighted by Gasteiger charge is -2.37. The fourth-order valence-electron chi connectivity index (χ4n) is 5.03. The molecular weight excluding hydrogens is 461 g/mol. The first kappa shape index (κ1) is 23.6. The Morgan fingerprint density at radius 3 is 2.63 bits per heavy atom. The molecule has 4 aromatic rings. The van der Waals surface area contributed by atoms with Crippen molar-refractivity contribution in [2.24, 2.45) is 14.1 Å². The molecule has 0 spiro atoms. The number of imidazole rings is 2. The fraction of sp³-hybridized carbons (Fsp3) is 0.417. The average molecular weight is 489 g/mol. The van der Waals surface area contributed by atoms with Crippen molar-refractivity contribution >= 4 is 16.7 Å². The number of hydrogen-bond donors (Lipinski definition) is 3. The normalized spacial score (nSPS) is 22.9. The number of alkyl halides is 1. The number of benzene rings is 1. The van der Waals surface area contributed by atoms with Crippen LogP contribution in [0.3, 0.4) is 0 Å². The molecule has 0 amide bonds. The maximum absolute atomic E-state index is 15.0. The van der Waals surface area contributed by atoms with Crippen molar-refractivity contribution in [2.45, 2.75) is 50.3 Å². The molecule has 11 heteroatoms. The van der Waals surface area contributed by atoms with Crippen LogP contribution in [0.4, 0.5) is 13.2 Å². The summed E-state index contributed by atoms with van der Waals surface area (Å²) >= 11 is 0. The lowest BCUT2D eigenvalue weighted by molar-refractivity contribution is 0.0250. The van der Waals surface area contributed by atoms with Gasteiger partial charge in [-0.2, -0.15) is 0 Å². The molecule has 0 aliphatic heterocycles. The molecule has 0 bridgehead atoms. The SMILES string of the molecule is Cn1c(=O)n(C)c2c(F)c(F)c(CN[C@@H]3[C@H](O)C[C@@H](NCc4cccn5ccnc45)C[C@@H]3F)cc21. The van der Waals surface area contributed by atoms with Crippen LogP contribution in [0.15, 0.2) is 41.6 Å². The molecule has 0 unspecified atom stereocenters. The highest BCUT2D eigenvalue weighted by atomic mass is 19.2. The van der Waals surface area contributed by atoms with Crippen molar-refractivity contribution in [1.29, 1.82) is 0 Å². The third kappa shape index (κ3) is 4.13. The topological polar surface area (TPSA) is 88.5 Å². The number of nitrogens with zero attached hydrogens (tertiary/aromatic N) is 4. The summed E-state index contributed by atoms with van der Waals surface area (Å²) < 4.78 is 48.6. The van der Waals surface area contributed by atoms with E-state index in [9.17, 15) is 18.7 Å². The highest BCUT2D eigenvalue weighted by molar-refractivity contribution is 5.78. The fourth-order valence-corrected chi connectivity index (χ4v) is 5.03. The number of pyridine rings is 1. The first-order chi connectivity index (χ1) is 16.8. The lowest BCUT2D eigenvalue weighted by Crippen LogP contribution is -2.55. The molecule has 0 radical (unpaired) electrons. The van der Waals surface area contributed by atoms with Gasteiger partial charge in [0.25, 0.3) is 0 Å². The van der Waals surface area contributed by atoms with E-state index in [0.717, 1.165) is 15.8 Å². The first-order valence-electron chi connectivity index (χ1n) is 11.5. The summed E-state index contributed by atoms with van der Waals surface area (Å²) in [5.41, 5.74) is 1.38. The number of nitrogens with one attached hydrogen (secondary N) is 2. The average Bonchev–Trinajstić information content (AvgIpc) is 3.40. The summed E-state index contributed by atoms with van der Waals surface area (Å²) in [6.45, 7) is 0.285. The quantitative estimate of drug-likeness (QED) is 0.386. The molecule has 1 aliphatic rings. The molecule has 1 fully saturated rings. The van der Waals surface area contributed by atoms with Gasteiger partial charge in [0.1, 0.15) is 17.3 Å². The van der Waals surface area contributed by atoms with Crippen LogP contribution in [0.25, 0.3) is 16.7 Å². The van der Waals surface area contributed by atoms with E-state index in [1.54, 1.807) is 6.20 Å². The third-order valence-corrected chi connectivity index (χ3v) is 6.96. The van der Waals surface area contributed by atoms with Crippen LogP contribution in [0.5, 0.6) is 0 Å². The van der Waals surface area contributed by atoms with Gasteiger partial charge in [0, 0.05) is 62.9 Å². The zero-order valence-electron chi connectivity index (χ0n) is 19.4.